The summed E-state index contributed by atoms with van der Waals surface area (Å²) >= 11 is 0. The van der Waals surface area contributed by atoms with E-state index in [1.807, 2.05) is 0 Å². The van der Waals surface area contributed by atoms with Crippen molar-refractivity contribution in [1.82, 2.24) is 4.90 Å². The molecule has 0 saturated heterocycles. The molecular weight excluding hydrogens is 292 g/mol. The number of rotatable bonds is 7. The minimum Gasteiger partial charge on any atom is -0.450 e. The maximum absolute atomic E-state index is 12.0. The molecule has 2 N–H and O–H groups in total. The van der Waals surface area contributed by atoms with Crippen molar-refractivity contribution < 1.29 is 9.53 Å². The van der Waals surface area contributed by atoms with E-state index >= 15 is 0 Å². The Kier molecular flexibility index (Phi) is 7.90. The molecule has 1 amide bonds. The number of nitrogens with two attached hydrogens (primary N) is 1. The van der Waals surface area contributed by atoms with Crippen LogP contribution in [-0.2, 0) is 4.74 Å². The lowest BCUT2D eigenvalue weighted by Crippen LogP contribution is -2.40. The van der Waals surface area contributed by atoms with Gasteiger partial charge in [0.1, 0.15) is 0 Å². The molecule has 0 heterocycles. The summed E-state index contributed by atoms with van der Waals surface area (Å²) in [5.41, 5.74) is 6.23. The number of nitrogens with zero attached hydrogens (tertiary/aromatic N) is 1. The Labute approximate surface area is 137 Å². The second-order valence-corrected chi connectivity index (χ2v) is 14.0. The van der Waals surface area contributed by atoms with Crippen molar-refractivity contribution in [3.63, 3.8) is 0 Å². The molecule has 0 aromatic heterocycles. The van der Waals surface area contributed by atoms with Crippen LogP contribution in [0.25, 0.3) is 0 Å². The molecule has 4 nitrogen and oxygen atoms in total. The van der Waals surface area contributed by atoms with Gasteiger partial charge in [0, 0.05) is 27.7 Å². The lowest BCUT2D eigenvalue weighted by molar-refractivity contribution is 0.112. The van der Waals surface area contributed by atoms with Crippen LogP contribution in [0.3, 0.4) is 0 Å². The predicted molar refractivity (Wildman–Crippen MR) is 95.8 cm³/mol. The van der Waals surface area contributed by atoms with Crippen molar-refractivity contribution >= 4 is 14.2 Å². The third kappa shape index (κ3) is 8.18. The highest BCUT2D eigenvalue weighted by Gasteiger charge is 2.22. The standard InChI is InChI=1S/C17H36N2O2Si/c1-14-6-8-15(9-7-14)12-16(18)13-19(2)17(20)21-10-11-22(3,4)5/h14-16H,6-13,18H2,1-5H3. The first kappa shape index (κ1) is 19.5. The van der Waals surface area contributed by atoms with Crippen LogP contribution >= 0.6 is 0 Å². The van der Waals surface area contributed by atoms with Gasteiger partial charge in [0.05, 0.1) is 6.61 Å². The first-order chi connectivity index (χ1) is 10.2. The predicted octanol–water partition coefficient (Wildman–Crippen LogP) is 3.94. The molecule has 22 heavy (non-hydrogen) atoms. The highest BCUT2D eigenvalue weighted by molar-refractivity contribution is 6.76. The first-order valence-electron chi connectivity index (χ1n) is 8.81. The fourth-order valence-corrected chi connectivity index (χ4v) is 3.76. The quantitative estimate of drug-likeness (QED) is 0.720. The molecule has 1 fully saturated rings. The summed E-state index contributed by atoms with van der Waals surface area (Å²) in [6.07, 6.45) is 6.03. The van der Waals surface area contributed by atoms with E-state index in [0.717, 1.165) is 24.3 Å². The van der Waals surface area contributed by atoms with E-state index in [1.165, 1.54) is 25.7 Å². The SMILES string of the molecule is CC1CCC(CC(N)CN(C)C(=O)OCC[Si](C)(C)C)CC1. The van der Waals surface area contributed by atoms with Crippen LogP contribution < -0.4 is 5.73 Å². The Balaban J connectivity index is 2.22. The number of carbonyl (C=O) groups is 1. The Morgan fingerprint density at radius 1 is 1.27 bits per heavy atom. The average molecular weight is 329 g/mol. The van der Waals surface area contributed by atoms with E-state index in [-0.39, 0.29) is 12.1 Å². The molecule has 130 valence electrons. The molecule has 0 radical (unpaired) electrons. The molecule has 1 aliphatic rings. The van der Waals surface area contributed by atoms with Crippen LogP contribution in [0, 0.1) is 11.8 Å². The van der Waals surface area contributed by atoms with Gasteiger partial charge in [-0.3, -0.25) is 0 Å². The molecule has 1 atom stereocenters. The van der Waals surface area contributed by atoms with Gasteiger partial charge in [-0.2, -0.15) is 0 Å². The molecule has 0 spiro atoms. The summed E-state index contributed by atoms with van der Waals surface area (Å²) in [4.78, 5) is 13.6. The third-order valence-electron chi connectivity index (χ3n) is 4.67. The summed E-state index contributed by atoms with van der Waals surface area (Å²) in [5, 5.41) is 0. The minimum absolute atomic E-state index is 0.0629. The van der Waals surface area contributed by atoms with E-state index < -0.39 is 8.07 Å². The smallest absolute Gasteiger partial charge is 0.409 e. The van der Waals surface area contributed by atoms with Crippen molar-refractivity contribution in [2.75, 3.05) is 20.2 Å². The van der Waals surface area contributed by atoms with Crippen LogP contribution in [0.1, 0.15) is 39.0 Å². The number of ether oxygens (including phenoxy) is 1. The Bertz CT molecular complexity index is 336. The van der Waals surface area contributed by atoms with Crippen LogP contribution in [0.15, 0.2) is 0 Å². The van der Waals surface area contributed by atoms with Crippen molar-refractivity contribution in [3.8, 4) is 0 Å². The summed E-state index contributed by atoms with van der Waals surface area (Å²) in [7, 11) is 0.645. The topological polar surface area (TPSA) is 55.6 Å². The van der Waals surface area contributed by atoms with Crippen molar-refractivity contribution in [1.29, 1.82) is 0 Å². The van der Waals surface area contributed by atoms with Gasteiger partial charge in [-0.15, -0.1) is 0 Å². The maximum atomic E-state index is 12.0. The van der Waals surface area contributed by atoms with Crippen LogP contribution in [0.5, 0.6) is 0 Å². The van der Waals surface area contributed by atoms with Crippen molar-refractivity contribution in [2.24, 2.45) is 17.6 Å². The van der Waals surface area contributed by atoms with E-state index in [1.54, 1.807) is 11.9 Å². The normalized spacial score (nSPS) is 23.9. The molecule has 1 unspecified atom stereocenters. The summed E-state index contributed by atoms with van der Waals surface area (Å²) in [6.45, 7) is 10.3. The molecule has 1 saturated carbocycles. The zero-order chi connectivity index (χ0) is 16.8. The van der Waals surface area contributed by atoms with Gasteiger partial charge in [-0.05, 0) is 24.3 Å². The van der Waals surface area contributed by atoms with Gasteiger partial charge in [0.2, 0.25) is 0 Å². The number of likely N-dealkylation sites (N-methyl/N-ethyl adjacent to an activating group) is 1. The second kappa shape index (κ2) is 8.92. The van der Waals surface area contributed by atoms with Gasteiger partial charge < -0.3 is 15.4 Å². The average Bonchev–Trinajstić information content (AvgIpc) is 2.39. The van der Waals surface area contributed by atoms with Crippen LogP contribution in [-0.4, -0.2) is 45.3 Å². The van der Waals surface area contributed by atoms with Gasteiger partial charge in [-0.25, -0.2) is 4.79 Å². The summed E-state index contributed by atoms with van der Waals surface area (Å²) in [6, 6.07) is 1.08. The van der Waals surface area contributed by atoms with Gasteiger partial charge in [0.15, 0.2) is 0 Å². The molecule has 5 heteroatoms. The van der Waals surface area contributed by atoms with E-state index in [4.69, 9.17) is 10.5 Å². The van der Waals surface area contributed by atoms with Crippen LogP contribution in [0.2, 0.25) is 25.7 Å². The van der Waals surface area contributed by atoms with E-state index in [2.05, 4.69) is 26.6 Å². The first-order valence-corrected chi connectivity index (χ1v) is 12.5. The maximum Gasteiger partial charge on any atom is 0.409 e. The fraction of sp³-hybridized carbons (Fsp3) is 0.941. The lowest BCUT2D eigenvalue weighted by Gasteiger charge is -2.29. The van der Waals surface area contributed by atoms with Gasteiger partial charge in [-0.1, -0.05) is 52.2 Å². The summed E-state index contributed by atoms with van der Waals surface area (Å²) < 4.78 is 5.35. The highest BCUT2D eigenvalue weighted by Crippen LogP contribution is 2.30. The van der Waals surface area contributed by atoms with E-state index in [9.17, 15) is 4.79 Å². The third-order valence-corrected chi connectivity index (χ3v) is 6.37. The molecule has 0 aromatic rings. The van der Waals surface area contributed by atoms with Gasteiger partial charge in [0.25, 0.3) is 0 Å². The largest absolute Gasteiger partial charge is 0.450 e. The molecule has 0 bridgehead atoms. The minimum atomic E-state index is -1.15. The monoisotopic (exact) mass is 328 g/mol. The zero-order valence-electron chi connectivity index (χ0n) is 15.2. The van der Waals surface area contributed by atoms with E-state index in [0.29, 0.717) is 13.2 Å². The Hall–Kier alpha value is -0.553. The number of amides is 1. The van der Waals surface area contributed by atoms with Crippen molar-refractivity contribution in [2.45, 2.75) is 70.8 Å². The van der Waals surface area contributed by atoms with Crippen LogP contribution in [0.4, 0.5) is 4.79 Å². The van der Waals surface area contributed by atoms with Crippen molar-refractivity contribution in [3.05, 3.63) is 0 Å². The second-order valence-electron chi connectivity index (χ2n) is 8.43. The summed E-state index contributed by atoms with van der Waals surface area (Å²) in [5.74, 6) is 1.61. The zero-order valence-corrected chi connectivity index (χ0v) is 16.2. The Morgan fingerprint density at radius 3 is 2.41 bits per heavy atom. The molecule has 1 aliphatic carbocycles. The molecule has 0 aromatic carbocycles. The molecular formula is C17H36N2O2Si. The number of hydrogen-bond donors (Lipinski definition) is 1. The number of carbonyl (C=O) groups excluding carboxylic acids is 1. The molecule has 1 rings (SSSR count). The van der Waals surface area contributed by atoms with Gasteiger partial charge >= 0.3 is 6.09 Å². The number of hydrogen-bond acceptors (Lipinski definition) is 3. The highest BCUT2D eigenvalue weighted by atomic mass is 28.3. The lowest BCUT2D eigenvalue weighted by atomic mass is 9.80. The Morgan fingerprint density at radius 2 is 1.86 bits per heavy atom. The molecule has 0 aliphatic heterocycles. The fourth-order valence-electron chi connectivity index (χ4n) is 3.05.